The Morgan fingerprint density at radius 1 is 1.09 bits per heavy atom. The second-order valence-electron chi connectivity index (χ2n) is 8.48. The number of sulfonamides is 1. The van der Waals surface area contributed by atoms with Gasteiger partial charge in [-0.2, -0.15) is 0 Å². The molecule has 0 saturated carbocycles. The van der Waals surface area contributed by atoms with Crippen LogP contribution in [0.25, 0.3) is 11.1 Å². The molecule has 1 heterocycles. The molecule has 2 aromatic carbocycles. The molecule has 0 aliphatic rings. The molecular formula is C23H27N3O6S. The average molecular weight is 474 g/mol. The van der Waals surface area contributed by atoms with Gasteiger partial charge >= 0.3 is 11.9 Å². The molecule has 1 atom stereocenters. The number of esters is 1. The first-order chi connectivity index (χ1) is 15.5. The summed E-state index contributed by atoms with van der Waals surface area (Å²) in [5.41, 5.74) is 1.44. The summed E-state index contributed by atoms with van der Waals surface area (Å²) in [4.78, 5) is 27.7. The molecule has 0 radical (unpaired) electrons. The lowest BCUT2D eigenvalue weighted by molar-refractivity contribution is -0.152. The number of rotatable bonds is 7. The zero-order valence-electron chi connectivity index (χ0n) is 18.9. The third kappa shape index (κ3) is 6.39. The van der Waals surface area contributed by atoms with Crippen molar-refractivity contribution >= 4 is 38.7 Å². The first-order valence-electron chi connectivity index (χ1n) is 10.4. The third-order valence-corrected chi connectivity index (χ3v) is 6.52. The Morgan fingerprint density at radius 2 is 1.76 bits per heavy atom. The van der Waals surface area contributed by atoms with E-state index >= 15 is 0 Å². The van der Waals surface area contributed by atoms with Crippen molar-refractivity contribution in [2.45, 2.75) is 44.9 Å². The minimum Gasteiger partial charge on any atom is -0.459 e. The van der Waals surface area contributed by atoms with Crippen LogP contribution in [0, 0.1) is 0 Å². The van der Waals surface area contributed by atoms with Gasteiger partial charge in [0.05, 0.1) is 6.61 Å². The Hall–Kier alpha value is -3.24. The number of ether oxygens (including phenoxy) is 1. The maximum atomic E-state index is 13.3. The topological polar surface area (TPSA) is 128 Å². The fraction of sp³-hybridized carbons (Fsp3) is 0.348. The SMILES string of the molecule is CCOC(=O)C(=O)Nc1ccc(CC(c2nc3ccccc3o2)S(=O)(=O)NC(C)(C)C)cc1. The number of nitrogens with one attached hydrogen (secondary N) is 2. The van der Waals surface area contributed by atoms with Crippen molar-refractivity contribution < 1.29 is 27.2 Å². The van der Waals surface area contributed by atoms with Crippen molar-refractivity contribution in [2.75, 3.05) is 11.9 Å². The second kappa shape index (κ2) is 9.72. The molecule has 0 bridgehead atoms. The van der Waals surface area contributed by atoms with Gasteiger partial charge in [-0.15, -0.1) is 0 Å². The van der Waals surface area contributed by atoms with Crippen molar-refractivity contribution in [2.24, 2.45) is 0 Å². The maximum Gasteiger partial charge on any atom is 0.397 e. The van der Waals surface area contributed by atoms with Crippen LogP contribution in [-0.2, 0) is 30.8 Å². The molecule has 0 fully saturated rings. The Bertz CT molecular complexity index is 1210. The van der Waals surface area contributed by atoms with Crippen molar-refractivity contribution in [1.29, 1.82) is 0 Å². The lowest BCUT2D eigenvalue weighted by Gasteiger charge is -2.24. The number of fused-ring (bicyclic) bond motifs is 1. The Morgan fingerprint density at radius 3 is 2.36 bits per heavy atom. The quantitative estimate of drug-likeness (QED) is 0.398. The maximum absolute atomic E-state index is 13.3. The van der Waals surface area contributed by atoms with Crippen LogP contribution in [0.2, 0.25) is 0 Å². The minimum atomic E-state index is -3.86. The van der Waals surface area contributed by atoms with Crippen molar-refractivity contribution in [3.05, 3.63) is 60.0 Å². The fourth-order valence-corrected chi connectivity index (χ4v) is 4.95. The zero-order valence-corrected chi connectivity index (χ0v) is 19.7. The summed E-state index contributed by atoms with van der Waals surface area (Å²) >= 11 is 0. The van der Waals surface area contributed by atoms with E-state index in [1.807, 2.05) is 0 Å². The van der Waals surface area contributed by atoms with Gasteiger partial charge in [-0.3, -0.25) is 4.79 Å². The van der Waals surface area contributed by atoms with Crippen molar-refractivity contribution in [1.82, 2.24) is 9.71 Å². The van der Waals surface area contributed by atoms with E-state index in [4.69, 9.17) is 4.42 Å². The highest BCUT2D eigenvalue weighted by molar-refractivity contribution is 7.89. The van der Waals surface area contributed by atoms with Gasteiger partial charge in [-0.1, -0.05) is 24.3 Å². The predicted octanol–water partition coefficient (Wildman–Crippen LogP) is 3.33. The normalized spacial score (nSPS) is 13.0. The number of oxazole rings is 1. The lowest BCUT2D eigenvalue weighted by Crippen LogP contribution is -2.43. The van der Waals surface area contributed by atoms with E-state index in [9.17, 15) is 18.0 Å². The standard InChI is InChI=1S/C23H27N3O6S/c1-5-31-22(28)20(27)24-16-12-10-15(11-13-16)14-19(33(29,30)26-23(2,3)4)21-25-17-8-6-7-9-18(17)32-21/h6-13,19,26H,5,14H2,1-4H3,(H,24,27). The van der Waals surface area contributed by atoms with Gasteiger partial charge in [0.25, 0.3) is 0 Å². The smallest absolute Gasteiger partial charge is 0.397 e. The number of hydrogen-bond acceptors (Lipinski definition) is 7. The summed E-state index contributed by atoms with van der Waals surface area (Å²) in [5.74, 6) is -1.77. The van der Waals surface area contributed by atoms with E-state index in [-0.39, 0.29) is 18.9 Å². The summed E-state index contributed by atoms with van der Waals surface area (Å²) in [6, 6.07) is 13.6. The number of nitrogens with zero attached hydrogens (tertiary/aromatic N) is 1. The first kappa shape index (κ1) is 24.4. The Labute approximate surface area is 192 Å². The Kier molecular flexibility index (Phi) is 7.19. The molecule has 0 spiro atoms. The molecule has 10 heteroatoms. The average Bonchev–Trinajstić information content (AvgIpc) is 3.15. The zero-order chi connectivity index (χ0) is 24.2. The number of anilines is 1. The summed E-state index contributed by atoms with van der Waals surface area (Å²) < 4.78 is 39.7. The second-order valence-corrected chi connectivity index (χ2v) is 10.3. The highest BCUT2D eigenvalue weighted by Gasteiger charge is 2.35. The van der Waals surface area contributed by atoms with Crippen LogP contribution in [0.5, 0.6) is 0 Å². The van der Waals surface area contributed by atoms with Crippen molar-refractivity contribution in [3.8, 4) is 0 Å². The number of amides is 1. The van der Waals surface area contributed by atoms with Crippen molar-refractivity contribution in [3.63, 3.8) is 0 Å². The number of para-hydroxylation sites is 2. The van der Waals surface area contributed by atoms with E-state index in [1.54, 1.807) is 76.2 Å². The lowest BCUT2D eigenvalue weighted by atomic mass is 10.1. The van der Waals surface area contributed by atoms with E-state index in [0.29, 0.717) is 22.4 Å². The summed E-state index contributed by atoms with van der Waals surface area (Å²) in [6.45, 7) is 6.98. The van der Waals surface area contributed by atoms with Gasteiger partial charge in [0.15, 0.2) is 10.8 Å². The molecule has 3 rings (SSSR count). The van der Waals surface area contributed by atoms with E-state index in [1.165, 1.54) is 0 Å². The largest absolute Gasteiger partial charge is 0.459 e. The number of carbonyl (C=O) groups excluding carboxylic acids is 2. The molecule has 0 aliphatic heterocycles. The molecule has 0 aliphatic carbocycles. The van der Waals surface area contributed by atoms with Gasteiger partial charge in [-0.25, -0.2) is 22.9 Å². The monoisotopic (exact) mass is 473 g/mol. The van der Waals surface area contributed by atoms with Gasteiger partial charge in [0.1, 0.15) is 5.52 Å². The fourth-order valence-electron chi connectivity index (χ4n) is 3.17. The van der Waals surface area contributed by atoms with E-state index in [2.05, 4.69) is 19.8 Å². The van der Waals surface area contributed by atoms with E-state index < -0.39 is 32.7 Å². The van der Waals surface area contributed by atoms with Crippen LogP contribution in [0.1, 0.15) is 44.4 Å². The van der Waals surface area contributed by atoms with Crippen LogP contribution in [-0.4, -0.2) is 37.4 Å². The van der Waals surface area contributed by atoms with Gasteiger partial charge < -0.3 is 14.5 Å². The van der Waals surface area contributed by atoms with Crippen LogP contribution in [0.15, 0.2) is 52.9 Å². The molecule has 2 N–H and O–H groups in total. The first-order valence-corrected chi connectivity index (χ1v) is 12.0. The third-order valence-electron chi connectivity index (χ3n) is 4.50. The van der Waals surface area contributed by atoms with Gasteiger partial charge in [0, 0.05) is 11.2 Å². The highest BCUT2D eigenvalue weighted by Crippen LogP contribution is 2.30. The van der Waals surface area contributed by atoms with E-state index in [0.717, 1.165) is 0 Å². The molecular weight excluding hydrogens is 446 g/mol. The molecule has 9 nitrogen and oxygen atoms in total. The van der Waals surface area contributed by atoms with Crippen LogP contribution < -0.4 is 10.0 Å². The van der Waals surface area contributed by atoms with Crippen LogP contribution in [0.3, 0.4) is 0 Å². The highest BCUT2D eigenvalue weighted by atomic mass is 32.2. The van der Waals surface area contributed by atoms with Crippen LogP contribution in [0.4, 0.5) is 5.69 Å². The number of carbonyl (C=O) groups is 2. The van der Waals surface area contributed by atoms with Gasteiger partial charge in [0.2, 0.25) is 15.9 Å². The van der Waals surface area contributed by atoms with Gasteiger partial charge in [-0.05, 0) is 63.9 Å². The summed E-state index contributed by atoms with van der Waals surface area (Å²) in [5, 5.41) is 1.36. The predicted molar refractivity (Wildman–Crippen MR) is 124 cm³/mol. The number of hydrogen-bond donors (Lipinski definition) is 2. The minimum absolute atomic E-state index is 0.0876. The molecule has 176 valence electrons. The molecule has 3 aromatic rings. The summed E-state index contributed by atoms with van der Waals surface area (Å²) in [7, 11) is -3.86. The molecule has 33 heavy (non-hydrogen) atoms. The molecule has 0 saturated heterocycles. The Balaban J connectivity index is 1.87. The summed E-state index contributed by atoms with van der Waals surface area (Å²) in [6.07, 6.45) is 0.0876. The molecule has 1 unspecified atom stereocenters. The van der Waals surface area contributed by atoms with Crippen LogP contribution >= 0.6 is 0 Å². The number of benzene rings is 2. The number of aromatic nitrogens is 1. The molecule has 1 aromatic heterocycles. The molecule has 1 amide bonds.